The third-order valence-electron chi connectivity index (χ3n) is 4.94. The summed E-state index contributed by atoms with van der Waals surface area (Å²) < 4.78 is 7.05. The molecule has 0 atom stereocenters. The molecule has 0 spiro atoms. The fraction of sp³-hybridized carbons (Fsp3) is 0.391. The van der Waals surface area contributed by atoms with Gasteiger partial charge in [0.1, 0.15) is 5.75 Å². The molecule has 0 radical (unpaired) electrons. The minimum absolute atomic E-state index is 0.105. The van der Waals surface area contributed by atoms with Crippen LogP contribution in [0.5, 0.6) is 5.75 Å². The number of hydrogen-bond donors (Lipinski definition) is 0. The van der Waals surface area contributed by atoms with Crippen molar-refractivity contribution in [3.05, 3.63) is 52.0 Å². The summed E-state index contributed by atoms with van der Waals surface area (Å²) in [6.45, 7) is 13.5. The highest BCUT2D eigenvalue weighted by Gasteiger charge is 2.20. The highest BCUT2D eigenvalue weighted by atomic mass is 79.9. The number of fused-ring (bicyclic) bond motifs is 2. The number of ether oxygens (including phenoxy) is 1. The average molecular weight is 399 g/mol. The topological polar surface area (TPSA) is 9.23 Å². The van der Waals surface area contributed by atoms with E-state index in [0.29, 0.717) is 0 Å². The Morgan fingerprint density at radius 3 is 1.40 bits per heavy atom. The van der Waals surface area contributed by atoms with Crippen LogP contribution in [-0.2, 0) is 10.8 Å². The van der Waals surface area contributed by atoms with E-state index < -0.39 is 0 Å². The van der Waals surface area contributed by atoms with Crippen LogP contribution in [0.2, 0.25) is 0 Å². The van der Waals surface area contributed by atoms with Gasteiger partial charge in [-0.05, 0) is 50.0 Å². The molecular formula is C23H27BrO. The molecule has 3 aromatic rings. The van der Waals surface area contributed by atoms with Crippen LogP contribution < -0.4 is 4.74 Å². The molecule has 0 aliphatic carbocycles. The van der Waals surface area contributed by atoms with Gasteiger partial charge < -0.3 is 4.74 Å². The van der Waals surface area contributed by atoms with Crippen LogP contribution in [0, 0.1) is 0 Å². The fourth-order valence-electron chi connectivity index (χ4n) is 3.29. The maximum absolute atomic E-state index is 5.91. The Morgan fingerprint density at radius 1 is 0.680 bits per heavy atom. The molecule has 0 aliphatic rings. The number of hydrogen-bond acceptors (Lipinski definition) is 1. The molecule has 0 unspecified atom stereocenters. The summed E-state index contributed by atoms with van der Waals surface area (Å²) in [6, 6.07) is 13.4. The number of benzene rings is 3. The largest absolute Gasteiger partial charge is 0.495 e. The molecule has 0 bridgehead atoms. The van der Waals surface area contributed by atoms with Gasteiger partial charge in [-0.25, -0.2) is 0 Å². The van der Waals surface area contributed by atoms with E-state index in [1.807, 2.05) is 0 Å². The van der Waals surface area contributed by atoms with E-state index in [4.69, 9.17) is 4.74 Å². The lowest BCUT2D eigenvalue weighted by Gasteiger charge is -2.23. The van der Waals surface area contributed by atoms with Gasteiger partial charge in [-0.3, -0.25) is 0 Å². The molecule has 2 heteroatoms. The third-order valence-corrected chi connectivity index (χ3v) is 5.79. The summed E-state index contributed by atoms with van der Waals surface area (Å²) in [4.78, 5) is 0. The Bertz CT molecular complexity index is 881. The second-order valence-corrected chi connectivity index (χ2v) is 9.66. The van der Waals surface area contributed by atoms with Crippen molar-refractivity contribution >= 4 is 37.5 Å². The van der Waals surface area contributed by atoms with Crippen LogP contribution in [0.1, 0.15) is 52.7 Å². The minimum Gasteiger partial charge on any atom is -0.495 e. The molecule has 0 fully saturated rings. The van der Waals surface area contributed by atoms with Crippen LogP contribution in [0.4, 0.5) is 0 Å². The Hall–Kier alpha value is -1.54. The van der Waals surface area contributed by atoms with Gasteiger partial charge in [-0.2, -0.15) is 0 Å². The smallest absolute Gasteiger partial charge is 0.134 e. The van der Waals surface area contributed by atoms with Crippen molar-refractivity contribution in [2.24, 2.45) is 0 Å². The molecule has 0 aromatic heterocycles. The normalized spacial score (nSPS) is 12.8. The van der Waals surface area contributed by atoms with Crippen LogP contribution >= 0.6 is 15.9 Å². The maximum atomic E-state index is 5.91. The van der Waals surface area contributed by atoms with Gasteiger partial charge in [0.2, 0.25) is 0 Å². The molecule has 25 heavy (non-hydrogen) atoms. The summed E-state index contributed by atoms with van der Waals surface area (Å²) in [5, 5.41) is 4.72. The van der Waals surface area contributed by atoms with E-state index in [9.17, 15) is 0 Å². The van der Waals surface area contributed by atoms with Crippen LogP contribution in [0.25, 0.3) is 21.5 Å². The highest BCUT2D eigenvalue weighted by molar-refractivity contribution is 9.10. The molecular weight excluding hydrogens is 372 g/mol. The van der Waals surface area contributed by atoms with E-state index in [0.717, 1.165) is 10.2 Å². The first kappa shape index (κ1) is 18.3. The van der Waals surface area contributed by atoms with Gasteiger partial charge in [-0.15, -0.1) is 0 Å². The predicted molar refractivity (Wildman–Crippen MR) is 113 cm³/mol. The quantitative estimate of drug-likeness (QED) is 0.389. The molecule has 0 saturated carbocycles. The summed E-state index contributed by atoms with van der Waals surface area (Å²) in [6.07, 6.45) is 0. The summed E-state index contributed by atoms with van der Waals surface area (Å²) in [7, 11) is 1.77. The van der Waals surface area contributed by atoms with Crippen molar-refractivity contribution in [3.8, 4) is 5.75 Å². The van der Waals surface area contributed by atoms with Crippen LogP contribution in [0.15, 0.2) is 40.9 Å². The maximum Gasteiger partial charge on any atom is 0.134 e. The number of halogens is 1. The minimum atomic E-state index is 0.105. The molecule has 1 nitrogen and oxygen atoms in total. The zero-order chi connectivity index (χ0) is 18.6. The average Bonchev–Trinajstić information content (AvgIpc) is 2.53. The van der Waals surface area contributed by atoms with E-state index >= 15 is 0 Å². The number of methoxy groups -OCH3 is 1. The lowest BCUT2D eigenvalue weighted by Crippen LogP contribution is -2.11. The van der Waals surface area contributed by atoms with Gasteiger partial charge in [-0.1, -0.05) is 65.8 Å². The van der Waals surface area contributed by atoms with Crippen molar-refractivity contribution < 1.29 is 4.74 Å². The van der Waals surface area contributed by atoms with Gasteiger partial charge in [0.05, 0.1) is 7.11 Å². The SMILES string of the molecule is COc1c2cc(C(C)(C)C)ccc2c(Br)c2ccc(C(C)(C)C)cc12. The molecule has 3 aromatic carbocycles. The lowest BCUT2D eigenvalue weighted by atomic mass is 9.84. The lowest BCUT2D eigenvalue weighted by molar-refractivity contribution is 0.424. The van der Waals surface area contributed by atoms with Crippen molar-refractivity contribution in [3.63, 3.8) is 0 Å². The molecule has 132 valence electrons. The molecule has 0 heterocycles. The second kappa shape index (κ2) is 6.02. The first-order valence-electron chi connectivity index (χ1n) is 8.78. The Morgan fingerprint density at radius 2 is 1.08 bits per heavy atom. The predicted octanol–water partition coefficient (Wildman–Crippen LogP) is 7.36. The third kappa shape index (κ3) is 3.17. The highest BCUT2D eigenvalue weighted by Crippen LogP contribution is 2.43. The standard InChI is InChI=1S/C23H27BrO/c1-22(2,3)14-8-10-16-18(12-14)21(25-7)19-13-15(23(4,5)6)9-11-17(19)20(16)24/h8-13H,1-7H3. The van der Waals surface area contributed by atoms with E-state index in [1.54, 1.807) is 7.11 Å². The van der Waals surface area contributed by atoms with Crippen molar-refractivity contribution in [2.75, 3.05) is 7.11 Å². The van der Waals surface area contributed by atoms with Gasteiger partial charge in [0.25, 0.3) is 0 Å². The van der Waals surface area contributed by atoms with Gasteiger partial charge >= 0.3 is 0 Å². The van der Waals surface area contributed by atoms with E-state index in [1.165, 1.54) is 32.7 Å². The summed E-state index contributed by atoms with van der Waals surface area (Å²) in [5.41, 5.74) is 2.84. The zero-order valence-electron chi connectivity index (χ0n) is 16.3. The summed E-state index contributed by atoms with van der Waals surface area (Å²) in [5.74, 6) is 0.963. The first-order valence-corrected chi connectivity index (χ1v) is 9.57. The number of rotatable bonds is 1. The Kier molecular flexibility index (Phi) is 4.39. The van der Waals surface area contributed by atoms with Gasteiger partial charge in [0.15, 0.2) is 0 Å². The van der Waals surface area contributed by atoms with Crippen LogP contribution in [0.3, 0.4) is 0 Å². The van der Waals surface area contributed by atoms with Crippen molar-refractivity contribution in [1.29, 1.82) is 0 Å². The molecule has 0 aliphatic heterocycles. The van der Waals surface area contributed by atoms with Crippen molar-refractivity contribution in [1.82, 2.24) is 0 Å². The molecule has 3 rings (SSSR count). The molecule has 0 saturated heterocycles. The monoisotopic (exact) mass is 398 g/mol. The summed E-state index contributed by atoms with van der Waals surface area (Å²) >= 11 is 3.84. The Labute approximate surface area is 159 Å². The van der Waals surface area contributed by atoms with Gasteiger partial charge in [0, 0.05) is 26.0 Å². The second-order valence-electron chi connectivity index (χ2n) is 8.87. The molecule has 0 amide bonds. The molecule has 0 N–H and O–H groups in total. The van der Waals surface area contributed by atoms with Crippen LogP contribution in [-0.4, -0.2) is 7.11 Å². The fourth-order valence-corrected chi connectivity index (χ4v) is 3.98. The van der Waals surface area contributed by atoms with E-state index in [-0.39, 0.29) is 10.8 Å². The Balaban J connectivity index is 2.45. The van der Waals surface area contributed by atoms with Crippen molar-refractivity contribution in [2.45, 2.75) is 52.4 Å². The first-order chi connectivity index (χ1) is 11.5. The van der Waals surface area contributed by atoms with E-state index in [2.05, 4.69) is 93.9 Å². The zero-order valence-corrected chi connectivity index (χ0v) is 17.8.